The van der Waals surface area contributed by atoms with Crippen LogP contribution in [0.4, 0.5) is 8.78 Å². The summed E-state index contributed by atoms with van der Waals surface area (Å²) in [4.78, 5) is 0.955. The highest BCUT2D eigenvalue weighted by atomic mass is 79.9. The fourth-order valence-corrected chi connectivity index (χ4v) is 3.97. The molecule has 1 atom stereocenters. The zero-order chi connectivity index (χ0) is 13.4. The molecule has 1 unspecified atom stereocenters. The Morgan fingerprint density at radius 1 is 1.17 bits per heavy atom. The summed E-state index contributed by atoms with van der Waals surface area (Å²) in [6.07, 6.45) is 0. The van der Waals surface area contributed by atoms with Crippen LogP contribution in [0.3, 0.4) is 0 Å². The maximum Gasteiger partial charge on any atom is 0.142 e. The lowest BCUT2D eigenvalue weighted by molar-refractivity contribution is 0.587. The van der Waals surface area contributed by atoms with Crippen molar-refractivity contribution < 1.29 is 8.78 Å². The monoisotopic (exact) mass is 370 g/mol. The Balaban J connectivity index is 2.49. The lowest BCUT2D eigenvalue weighted by Crippen LogP contribution is -1.99. The first-order valence-corrected chi connectivity index (χ1v) is 7.37. The van der Waals surface area contributed by atoms with Crippen molar-refractivity contribution in [2.45, 2.75) is 12.3 Å². The van der Waals surface area contributed by atoms with Crippen LogP contribution < -0.4 is 0 Å². The van der Waals surface area contributed by atoms with E-state index >= 15 is 0 Å². The SMILES string of the molecule is Cc1sc(Br)cc1C(Cl)c1cc(F)c(Cl)cc1F. The smallest absolute Gasteiger partial charge is 0.142 e. The Morgan fingerprint density at radius 2 is 1.83 bits per heavy atom. The van der Waals surface area contributed by atoms with Gasteiger partial charge in [-0.1, -0.05) is 11.6 Å². The second-order valence-corrected chi connectivity index (χ2v) is 7.19. The molecule has 0 radical (unpaired) electrons. The van der Waals surface area contributed by atoms with Crippen LogP contribution in [0.5, 0.6) is 0 Å². The summed E-state index contributed by atoms with van der Waals surface area (Å²) >= 11 is 16.6. The van der Waals surface area contributed by atoms with Crippen molar-refractivity contribution in [1.82, 2.24) is 0 Å². The van der Waals surface area contributed by atoms with Gasteiger partial charge in [0.1, 0.15) is 11.6 Å². The van der Waals surface area contributed by atoms with E-state index in [2.05, 4.69) is 15.9 Å². The average Bonchev–Trinajstić information content (AvgIpc) is 2.62. The highest BCUT2D eigenvalue weighted by molar-refractivity contribution is 9.11. The van der Waals surface area contributed by atoms with Crippen molar-refractivity contribution in [2.24, 2.45) is 0 Å². The molecule has 0 aliphatic heterocycles. The zero-order valence-electron chi connectivity index (χ0n) is 9.11. The Morgan fingerprint density at radius 3 is 2.39 bits per heavy atom. The van der Waals surface area contributed by atoms with Gasteiger partial charge in [0.15, 0.2) is 0 Å². The molecular formula is C12H7BrCl2F2S. The molecule has 6 heteroatoms. The van der Waals surface area contributed by atoms with Gasteiger partial charge in [0, 0.05) is 10.4 Å². The summed E-state index contributed by atoms with van der Waals surface area (Å²) in [5.41, 5.74) is 0.848. The quantitative estimate of drug-likeness (QED) is 0.443. The normalized spacial score (nSPS) is 12.8. The molecule has 0 bridgehead atoms. The second-order valence-electron chi connectivity index (χ2n) is 3.71. The van der Waals surface area contributed by atoms with Gasteiger partial charge in [-0.15, -0.1) is 22.9 Å². The lowest BCUT2D eigenvalue weighted by Gasteiger charge is -2.11. The van der Waals surface area contributed by atoms with Gasteiger partial charge in [0.25, 0.3) is 0 Å². The van der Waals surface area contributed by atoms with Crippen molar-refractivity contribution in [3.05, 3.63) is 54.6 Å². The van der Waals surface area contributed by atoms with Gasteiger partial charge in [0.2, 0.25) is 0 Å². The molecule has 0 aliphatic carbocycles. The standard InChI is InChI=1S/C12H7BrCl2F2S/c1-5-6(3-11(13)18-5)12(15)7-2-10(17)8(14)4-9(7)16/h2-4,12H,1H3. The zero-order valence-corrected chi connectivity index (χ0v) is 13.0. The van der Waals surface area contributed by atoms with Gasteiger partial charge in [-0.25, -0.2) is 8.78 Å². The molecule has 0 amide bonds. The van der Waals surface area contributed by atoms with Crippen LogP contribution in [0.25, 0.3) is 0 Å². The second kappa shape index (κ2) is 5.45. The number of benzene rings is 1. The van der Waals surface area contributed by atoms with Crippen LogP contribution in [-0.2, 0) is 0 Å². The minimum Gasteiger partial charge on any atom is -0.207 e. The molecular weight excluding hydrogens is 365 g/mol. The third kappa shape index (κ3) is 2.72. The Hall–Kier alpha value is -0.160. The van der Waals surface area contributed by atoms with Crippen molar-refractivity contribution >= 4 is 50.5 Å². The van der Waals surface area contributed by atoms with Crippen LogP contribution in [-0.4, -0.2) is 0 Å². The Bertz CT molecular complexity index is 598. The fourth-order valence-electron chi connectivity index (χ4n) is 1.61. The summed E-state index contributed by atoms with van der Waals surface area (Å²) < 4.78 is 28.0. The molecule has 0 fully saturated rings. The van der Waals surface area contributed by atoms with Gasteiger partial charge in [0.05, 0.1) is 14.2 Å². The summed E-state index contributed by atoms with van der Waals surface area (Å²) in [6.45, 7) is 1.88. The van der Waals surface area contributed by atoms with Crippen LogP contribution >= 0.6 is 50.5 Å². The average molecular weight is 372 g/mol. The van der Waals surface area contributed by atoms with Crippen molar-refractivity contribution in [2.75, 3.05) is 0 Å². The molecule has 0 saturated carbocycles. The summed E-state index contributed by atoms with van der Waals surface area (Å²) in [5.74, 6) is -1.28. The maximum absolute atomic E-state index is 13.8. The Kier molecular flexibility index (Phi) is 4.32. The first-order valence-electron chi connectivity index (χ1n) is 4.94. The number of halogens is 5. The van der Waals surface area contributed by atoms with Crippen LogP contribution in [0.2, 0.25) is 5.02 Å². The van der Waals surface area contributed by atoms with Crippen LogP contribution in [0, 0.1) is 18.6 Å². The van der Waals surface area contributed by atoms with Crippen molar-refractivity contribution in [3.63, 3.8) is 0 Å². The van der Waals surface area contributed by atoms with Gasteiger partial charge in [-0.05, 0) is 46.6 Å². The molecule has 0 aliphatic rings. The molecule has 1 aromatic carbocycles. The van der Waals surface area contributed by atoms with E-state index in [1.807, 2.05) is 13.0 Å². The van der Waals surface area contributed by atoms with Gasteiger partial charge in [-0.3, -0.25) is 0 Å². The highest BCUT2D eigenvalue weighted by Gasteiger charge is 2.21. The molecule has 0 N–H and O–H groups in total. The molecule has 18 heavy (non-hydrogen) atoms. The van der Waals surface area contributed by atoms with E-state index in [1.165, 1.54) is 11.3 Å². The van der Waals surface area contributed by atoms with E-state index in [-0.39, 0.29) is 10.6 Å². The maximum atomic E-state index is 13.8. The van der Waals surface area contributed by atoms with Gasteiger partial charge >= 0.3 is 0 Å². The largest absolute Gasteiger partial charge is 0.207 e. The van der Waals surface area contributed by atoms with E-state index in [0.29, 0.717) is 0 Å². The Labute approximate surface area is 126 Å². The number of thiophene rings is 1. The number of hydrogen-bond acceptors (Lipinski definition) is 1. The third-order valence-electron chi connectivity index (χ3n) is 2.51. The number of aryl methyl sites for hydroxylation is 1. The molecule has 0 spiro atoms. The van der Waals surface area contributed by atoms with Crippen molar-refractivity contribution in [1.29, 1.82) is 0 Å². The van der Waals surface area contributed by atoms with E-state index in [0.717, 1.165) is 26.4 Å². The molecule has 2 rings (SSSR count). The fraction of sp³-hybridized carbons (Fsp3) is 0.167. The minimum absolute atomic E-state index is 0.0898. The predicted molar refractivity (Wildman–Crippen MR) is 75.8 cm³/mol. The molecule has 1 heterocycles. The molecule has 1 aromatic heterocycles. The van der Waals surface area contributed by atoms with Crippen LogP contribution in [0.15, 0.2) is 22.0 Å². The van der Waals surface area contributed by atoms with Crippen LogP contribution in [0.1, 0.15) is 21.4 Å². The summed E-state index contributed by atoms with van der Waals surface area (Å²) in [6, 6.07) is 3.79. The number of alkyl halides is 1. The van der Waals surface area contributed by atoms with E-state index in [1.54, 1.807) is 0 Å². The van der Waals surface area contributed by atoms with E-state index in [4.69, 9.17) is 23.2 Å². The van der Waals surface area contributed by atoms with E-state index < -0.39 is 17.0 Å². The molecule has 0 saturated heterocycles. The van der Waals surface area contributed by atoms with Crippen molar-refractivity contribution in [3.8, 4) is 0 Å². The number of rotatable bonds is 2. The summed E-state index contributed by atoms with van der Waals surface area (Å²) in [5, 5.41) is -0.984. The lowest BCUT2D eigenvalue weighted by atomic mass is 10.0. The highest BCUT2D eigenvalue weighted by Crippen LogP contribution is 2.39. The predicted octanol–water partition coefficient (Wildman–Crippen LogP) is 6.08. The molecule has 96 valence electrons. The minimum atomic E-state index is -0.737. The first-order chi connectivity index (χ1) is 8.40. The van der Waals surface area contributed by atoms with Gasteiger partial charge in [-0.2, -0.15) is 0 Å². The van der Waals surface area contributed by atoms with E-state index in [9.17, 15) is 8.78 Å². The summed E-state index contributed by atoms with van der Waals surface area (Å²) in [7, 11) is 0. The number of hydrogen-bond donors (Lipinski definition) is 0. The molecule has 0 nitrogen and oxygen atoms in total. The topological polar surface area (TPSA) is 0 Å². The van der Waals surface area contributed by atoms with Gasteiger partial charge < -0.3 is 0 Å². The first kappa shape index (κ1) is 14.3. The third-order valence-corrected chi connectivity index (χ3v) is 4.84. The molecule has 2 aromatic rings.